The van der Waals surface area contributed by atoms with Crippen molar-refractivity contribution >= 4 is 34.0 Å². The second kappa shape index (κ2) is 5.87. The summed E-state index contributed by atoms with van der Waals surface area (Å²) in [5, 5.41) is 3.16. The minimum atomic E-state index is -0.0699. The minimum Gasteiger partial charge on any atom is -0.117 e. The normalized spacial score (nSPS) is 12.5. The minimum absolute atomic E-state index is 0.0699. The van der Waals surface area contributed by atoms with E-state index in [1.165, 1.54) is 10.8 Å². The van der Waals surface area contributed by atoms with Gasteiger partial charge in [-0.15, -0.1) is 11.6 Å². The lowest BCUT2D eigenvalue weighted by Crippen LogP contribution is -1.96. The van der Waals surface area contributed by atoms with Crippen LogP contribution >= 0.6 is 23.2 Å². The number of rotatable bonds is 3. The molecule has 0 spiro atoms. The van der Waals surface area contributed by atoms with Crippen molar-refractivity contribution in [2.24, 2.45) is 0 Å². The molecule has 100 valence electrons. The molecular weight excluding hydrogens is 287 g/mol. The number of hydrogen-bond acceptors (Lipinski definition) is 0. The predicted octanol–water partition coefficient (Wildman–Crippen LogP) is 6.02. The molecule has 0 fully saturated rings. The first-order valence-electron chi connectivity index (χ1n) is 6.60. The molecule has 0 radical (unpaired) electrons. The molecule has 1 atom stereocenters. The van der Waals surface area contributed by atoms with Gasteiger partial charge in [-0.25, -0.2) is 0 Å². The summed E-state index contributed by atoms with van der Waals surface area (Å²) >= 11 is 12.7. The number of halogens is 2. The Morgan fingerprint density at radius 2 is 1.50 bits per heavy atom. The molecule has 0 N–H and O–H groups in total. The Morgan fingerprint density at radius 1 is 0.800 bits per heavy atom. The van der Waals surface area contributed by atoms with Crippen LogP contribution in [0.25, 0.3) is 10.8 Å². The first kappa shape index (κ1) is 13.5. The van der Waals surface area contributed by atoms with Crippen molar-refractivity contribution in [3.05, 3.63) is 82.9 Å². The monoisotopic (exact) mass is 300 g/mol. The van der Waals surface area contributed by atoms with Crippen LogP contribution in [-0.4, -0.2) is 0 Å². The van der Waals surface area contributed by atoms with Crippen molar-refractivity contribution in [2.45, 2.75) is 11.8 Å². The van der Waals surface area contributed by atoms with Gasteiger partial charge in [0.15, 0.2) is 0 Å². The summed E-state index contributed by atoms with van der Waals surface area (Å²) in [6.07, 6.45) is 0.736. The van der Waals surface area contributed by atoms with Gasteiger partial charge in [0.2, 0.25) is 0 Å². The van der Waals surface area contributed by atoms with Crippen molar-refractivity contribution < 1.29 is 0 Å². The van der Waals surface area contributed by atoms with Gasteiger partial charge in [-0.1, -0.05) is 66.2 Å². The second-order valence-corrected chi connectivity index (χ2v) is 5.80. The lowest BCUT2D eigenvalue weighted by Gasteiger charge is -2.12. The summed E-state index contributed by atoms with van der Waals surface area (Å²) in [4.78, 5) is 0. The fourth-order valence-electron chi connectivity index (χ4n) is 2.38. The number of fused-ring (bicyclic) bond motifs is 1. The van der Waals surface area contributed by atoms with E-state index in [4.69, 9.17) is 23.2 Å². The molecule has 0 amide bonds. The number of hydrogen-bond donors (Lipinski definition) is 0. The highest BCUT2D eigenvalue weighted by atomic mass is 35.5. The molecule has 1 unspecified atom stereocenters. The highest BCUT2D eigenvalue weighted by molar-refractivity contribution is 6.31. The van der Waals surface area contributed by atoms with Crippen molar-refractivity contribution in [3.63, 3.8) is 0 Å². The second-order valence-electron chi connectivity index (χ2n) is 4.87. The molecule has 0 saturated carbocycles. The molecule has 2 heteroatoms. The molecule has 0 saturated heterocycles. The Morgan fingerprint density at radius 3 is 2.30 bits per heavy atom. The van der Waals surface area contributed by atoms with E-state index in [0.29, 0.717) is 0 Å². The molecule has 0 aliphatic heterocycles. The topological polar surface area (TPSA) is 0 Å². The van der Waals surface area contributed by atoms with Gasteiger partial charge in [-0.2, -0.15) is 0 Å². The van der Waals surface area contributed by atoms with Crippen LogP contribution in [0.1, 0.15) is 16.5 Å². The van der Waals surface area contributed by atoms with Gasteiger partial charge < -0.3 is 0 Å². The number of benzene rings is 3. The summed E-state index contributed by atoms with van der Waals surface area (Å²) in [5.41, 5.74) is 2.22. The molecule has 0 aliphatic rings. The third-order valence-electron chi connectivity index (χ3n) is 3.49. The van der Waals surface area contributed by atoms with E-state index in [9.17, 15) is 0 Å². The van der Waals surface area contributed by atoms with E-state index in [1.54, 1.807) is 0 Å². The molecule has 0 nitrogen and oxygen atoms in total. The van der Waals surface area contributed by atoms with Gasteiger partial charge in [0.1, 0.15) is 0 Å². The largest absolute Gasteiger partial charge is 0.117 e. The van der Waals surface area contributed by atoms with Crippen molar-refractivity contribution in [3.8, 4) is 0 Å². The Bertz CT molecular complexity index is 734. The highest BCUT2D eigenvalue weighted by Crippen LogP contribution is 2.30. The van der Waals surface area contributed by atoms with E-state index < -0.39 is 0 Å². The average molecular weight is 301 g/mol. The molecule has 0 aliphatic carbocycles. The zero-order valence-corrected chi connectivity index (χ0v) is 12.4. The quantitative estimate of drug-likeness (QED) is 0.519. The SMILES string of the molecule is Clc1ccccc1CC(Cl)c1ccc2ccccc2c1. The summed E-state index contributed by atoms with van der Waals surface area (Å²) in [6.45, 7) is 0. The van der Waals surface area contributed by atoms with Gasteiger partial charge in [0, 0.05) is 5.02 Å². The molecule has 3 aromatic rings. The van der Waals surface area contributed by atoms with Crippen molar-refractivity contribution in [1.29, 1.82) is 0 Å². The summed E-state index contributed by atoms with van der Waals surface area (Å²) in [7, 11) is 0. The standard InChI is InChI=1S/C18H14Cl2/c19-17-8-4-3-7-15(17)12-18(20)16-10-9-13-5-1-2-6-14(13)11-16/h1-11,18H,12H2. The maximum absolute atomic E-state index is 6.55. The van der Waals surface area contributed by atoms with Gasteiger partial charge in [-0.05, 0) is 40.5 Å². The Kier molecular flexibility index (Phi) is 3.95. The predicted molar refractivity (Wildman–Crippen MR) is 87.7 cm³/mol. The van der Waals surface area contributed by atoms with Crippen LogP contribution < -0.4 is 0 Å². The zero-order chi connectivity index (χ0) is 13.9. The van der Waals surface area contributed by atoms with Crippen molar-refractivity contribution in [1.82, 2.24) is 0 Å². The van der Waals surface area contributed by atoms with Crippen LogP contribution in [0.15, 0.2) is 66.7 Å². The van der Waals surface area contributed by atoms with Crippen molar-refractivity contribution in [2.75, 3.05) is 0 Å². The van der Waals surface area contributed by atoms with E-state index >= 15 is 0 Å². The third-order valence-corrected chi connectivity index (χ3v) is 4.27. The van der Waals surface area contributed by atoms with Crippen LogP contribution in [0.2, 0.25) is 5.02 Å². The fourth-order valence-corrected chi connectivity index (χ4v) is 2.89. The third kappa shape index (κ3) is 2.82. The van der Waals surface area contributed by atoms with Gasteiger partial charge >= 0.3 is 0 Å². The zero-order valence-electron chi connectivity index (χ0n) is 10.9. The smallest absolute Gasteiger partial charge is 0.0626 e. The summed E-state index contributed by atoms with van der Waals surface area (Å²) in [6, 6.07) is 22.5. The van der Waals surface area contributed by atoms with Crippen LogP contribution in [0.5, 0.6) is 0 Å². The molecule has 0 heterocycles. The highest BCUT2D eigenvalue weighted by Gasteiger charge is 2.11. The summed E-state index contributed by atoms with van der Waals surface area (Å²) < 4.78 is 0. The molecular formula is C18H14Cl2. The first-order chi connectivity index (χ1) is 9.74. The van der Waals surface area contributed by atoms with Crippen LogP contribution in [-0.2, 0) is 6.42 Å². The van der Waals surface area contributed by atoms with E-state index in [1.807, 2.05) is 36.4 Å². The Labute approximate surface area is 129 Å². The van der Waals surface area contributed by atoms with E-state index in [2.05, 4.69) is 30.3 Å². The van der Waals surface area contributed by atoms with Crippen LogP contribution in [0, 0.1) is 0 Å². The molecule has 3 rings (SSSR count). The lowest BCUT2D eigenvalue weighted by molar-refractivity contribution is 0.922. The van der Waals surface area contributed by atoms with Gasteiger partial charge in [-0.3, -0.25) is 0 Å². The molecule has 20 heavy (non-hydrogen) atoms. The Balaban J connectivity index is 1.89. The fraction of sp³-hybridized carbons (Fsp3) is 0.111. The number of alkyl halides is 1. The molecule has 0 bridgehead atoms. The molecule has 3 aromatic carbocycles. The van der Waals surface area contributed by atoms with Gasteiger partial charge in [0.25, 0.3) is 0 Å². The maximum atomic E-state index is 6.55. The van der Waals surface area contributed by atoms with Crippen LogP contribution in [0.4, 0.5) is 0 Å². The average Bonchev–Trinajstić information content (AvgIpc) is 2.49. The van der Waals surface area contributed by atoms with E-state index in [-0.39, 0.29) is 5.38 Å². The first-order valence-corrected chi connectivity index (χ1v) is 7.41. The summed E-state index contributed by atoms with van der Waals surface area (Å²) in [5.74, 6) is 0. The maximum Gasteiger partial charge on any atom is 0.0626 e. The van der Waals surface area contributed by atoms with Crippen LogP contribution in [0.3, 0.4) is 0 Å². The Hall–Kier alpha value is -1.50. The van der Waals surface area contributed by atoms with E-state index in [0.717, 1.165) is 22.6 Å². The van der Waals surface area contributed by atoms with Gasteiger partial charge in [0.05, 0.1) is 5.38 Å². The molecule has 0 aromatic heterocycles. The lowest BCUT2D eigenvalue weighted by atomic mass is 10.0.